The summed E-state index contributed by atoms with van der Waals surface area (Å²) in [5.74, 6) is -1.89. The zero-order valence-corrected chi connectivity index (χ0v) is 20.1. The largest absolute Gasteiger partial charge is 0.480 e. The van der Waals surface area contributed by atoms with Gasteiger partial charge in [-0.25, -0.2) is 0 Å². The van der Waals surface area contributed by atoms with Gasteiger partial charge < -0.3 is 15.7 Å². The van der Waals surface area contributed by atoms with Gasteiger partial charge in [0.05, 0.1) is 10.7 Å². The highest BCUT2D eigenvalue weighted by Crippen LogP contribution is 2.06. The minimum absolute atomic E-state index is 0.176. The molecule has 2 rings (SSSR count). The number of amides is 2. The SMILES string of the molecule is CC(NC(=O)[C@H](Cc1ccccc1)NC(=O)c1ccccc1)C(=O)O.O=C(CBr)CBr. The fourth-order valence-electron chi connectivity index (χ4n) is 2.30. The first-order valence-electron chi connectivity index (χ1n) is 9.35. The van der Waals surface area contributed by atoms with Gasteiger partial charge in [0.2, 0.25) is 5.91 Å². The summed E-state index contributed by atoms with van der Waals surface area (Å²) >= 11 is 5.99. The monoisotopic (exact) mass is 554 g/mol. The van der Waals surface area contributed by atoms with Crippen LogP contribution in [0.2, 0.25) is 0 Å². The third kappa shape index (κ3) is 10.4. The molecule has 0 saturated heterocycles. The average molecular weight is 556 g/mol. The van der Waals surface area contributed by atoms with Crippen molar-refractivity contribution in [1.82, 2.24) is 10.6 Å². The Balaban J connectivity index is 0.000000703. The molecule has 2 amide bonds. The van der Waals surface area contributed by atoms with Crippen LogP contribution in [-0.2, 0) is 20.8 Å². The maximum absolute atomic E-state index is 12.4. The number of carboxylic acids is 1. The third-order valence-electron chi connectivity index (χ3n) is 3.97. The van der Waals surface area contributed by atoms with Crippen LogP contribution in [0.15, 0.2) is 60.7 Å². The van der Waals surface area contributed by atoms with E-state index in [0.29, 0.717) is 16.2 Å². The number of ketones is 1. The Morgan fingerprint density at radius 2 is 1.39 bits per heavy atom. The second-order valence-corrected chi connectivity index (χ2v) is 7.58. The van der Waals surface area contributed by atoms with Gasteiger partial charge in [-0.3, -0.25) is 19.2 Å². The highest BCUT2D eigenvalue weighted by Gasteiger charge is 2.24. The van der Waals surface area contributed by atoms with Gasteiger partial charge in [0.1, 0.15) is 12.1 Å². The molecule has 0 aliphatic heterocycles. The molecule has 9 heteroatoms. The fourth-order valence-corrected chi connectivity index (χ4v) is 3.23. The Bertz CT molecular complexity index is 857. The van der Waals surface area contributed by atoms with E-state index < -0.39 is 24.0 Å². The summed E-state index contributed by atoms with van der Waals surface area (Å²) in [6.07, 6.45) is 0.261. The molecule has 3 N–H and O–H groups in total. The van der Waals surface area contributed by atoms with Gasteiger partial charge in [0, 0.05) is 12.0 Å². The van der Waals surface area contributed by atoms with Gasteiger partial charge in [0.25, 0.3) is 5.91 Å². The molecule has 7 nitrogen and oxygen atoms in total. The van der Waals surface area contributed by atoms with E-state index in [1.54, 1.807) is 30.3 Å². The number of rotatable bonds is 9. The smallest absolute Gasteiger partial charge is 0.325 e. The molecule has 2 atom stereocenters. The van der Waals surface area contributed by atoms with Gasteiger partial charge in [-0.05, 0) is 24.6 Å². The lowest BCUT2D eigenvalue weighted by atomic mass is 10.0. The van der Waals surface area contributed by atoms with Crippen molar-refractivity contribution in [3.05, 3.63) is 71.8 Å². The van der Waals surface area contributed by atoms with E-state index in [4.69, 9.17) is 5.11 Å². The van der Waals surface area contributed by atoms with E-state index >= 15 is 0 Å². The van der Waals surface area contributed by atoms with Crippen molar-refractivity contribution in [1.29, 1.82) is 0 Å². The molecule has 31 heavy (non-hydrogen) atoms. The van der Waals surface area contributed by atoms with Crippen LogP contribution >= 0.6 is 31.9 Å². The van der Waals surface area contributed by atoms with E-state index in [2.05, 4.69) is 42.5 Å². The number of Topliss-reactive ketones (excluding diaryl/α,β-unsaturated/α-hetero) is 1. The molecule has 166 valence electrons. The van der Waals surface area contributed by atoms with Crippen LogP contribution in [0, 0.1) is 0 Å². The number of carbonyl (C=O) groups excluding carboxylic acids is 3. The topological polar surface area (TPSA) is 113 Å². The zero-order valence-electron chi connectivity index (χ0n) is 16.9. The van der Waals surface area contributed by atoms with Crippen LogP contribution in [0.3, 0.4) is 0 Å². The Hall–Kier alpha value is -2.52. The minimum atomic E-state index is -1.14. The van der Waals surface area contributed by atoms with Gasteiger partial charge in [0.15, 0.2) is 5.78 Å². The maximum Gasteiger partial charge on any atom is 0.325 e. The van der Waals surface area contributed by atoms with Gasteiger partial charge in [-0.15, -0.1) is 0 Å². The van der Waals surface area contributed by atoms with Crippen molar-refractivity contribution < 1.29 is 24.3 Å². The van der Waals surface area contributed by atoms with Crippen LogP contribution in [0.4, 0.5) is 0 Å². The minimum Gasteiger partial charge on any atom is -0.480 e. The average Bonchev–Trinajstić information content (AvgIpc) is 2.79. The number of hydrogen-bond acceptors (Lipinski definition) is 4. The standard InChI is InChI=1S/C19H20N2O4.C3H4Br2O/c1-13(19(24)25)20-18(23)16(12-14-8-4-2-5-9-14)21-17(22)15-10-6-3-7-11-15;4-1-3(6)2-5/h2-11,13,16H,12H2,1H3,(H,20,23)(H,21,22)(H,24,25);1-2H2/t13?,16-;/m0./s1. The first kappa shape index (κ1) is 26.5. The van der Waals surface area contributed by atoms with E-state index in [9.17, 15) is 19.2 Å². The normalized spacial score (nSPS) is 11.8. The van der Waals surface area contributed by atoms with E-state index in [1.807, 2.05) is 30.3 Å². The summed E-state index contributed by atoms with van der Waals surface area (Å²) in [7, 11) is 0. The number of carboxylic acid groups (broad SMARTS) is 1. The third-order valence-corrected chi connectivity index (χ3v) is 5.22. The molecule has 0 aliphatic rings. The molecule has 0 heterocycles. The first-order valence-corrected chi connectivity index (χ1v) is 11.6. The lowest BCUT2D eigenvalue weighted by Gasteiger charge is -2.20. The number of halogens is 2. The Labute approximate surface area is 197 Å². The Morgan fingerprint density at radius 1 is 0.871 bits per heavy atom. The fraction of sp³-hybridized carbons (Fsp3) is 0.273. The number of benzene rings is 2. The summed E-state index contributed by atoms with van der Waals surface area (Å²) in [5.41, 5.74) is 1.29. The lowest BCUT2D eigenvalue weighted by Crippen LogP contribution is -2.51. The summed E-state index contributed by atoms with van der Waals surface area (Å²) < 4.78 is 0. The van der Waals surface area contributed by atoms with E-state index in [-0.39, 0.29) is 18.1 Å². The summed E-state index contributed by atoms with van der Waals surface area (Å²) in [4.78, 5) is 45.8. The molecule has 0 radical (unpaired) electrons. The summed E-state index contributed by atoms with van der Waals surface area (Å²) in [6.45, 7) is 1.37. The number of aliphatic carboxylic acids is 1. The van der Waals surface area contributed by atoms with Crippen LogP contribution in [-0.4, -0.2) is 51.4 Å². The first-order chi connectivity index (χ1) is 14.8. The quantitative estimate of drug-likeness (QED) is 0.412. The van der Waals surface area contributed by atoms with Crippen LogP contribution in [0.5, 0.6) is 0 Å². The molecular weight excluding hydrogens is 532 g/mol. The molecule has 0 aromatic heterocycles. The van der Waals surface area contributed by atoms with E-state index in [1.165, 1.54) is 6.92 Å². The number of carbonyl (C=O) groups is 4. The van der Waals surface area contributed by atoms with Crippen molar-refractivity contribution >= 4 is 55.4 Å². The predicted octanol–water partition coefficient (Wildman–Crippen LogP) is 2.96. The highest BCUT2D eigenvalue weighted by atomic mass is 79.9. The molecule has 0 bridgehead atoms. The molecule has 0 saturated carbocycles. The summed E-state index contributed by atoms with van der Waals surface area (Å²) in [6, 6.07) is 15.8. The number of nitrogens with one attached hydrogen (secondary N) is 2. The van der Waals surface area contributed by atoms with Crippen LogP contribution < -0.4 is 10.6 Å². The maximum atomic E-state index is 12.4. The molecule has 0 aliphatic carbocycles. The van der Waals surface area contributed by atoms with Crippen LogP contribution in [0.25, 0.3) is 0 Å². The number of hydrogen-bond donors (Lipinski definition) is 3. The molecule has 2 aromatic carbocycles. The lowest BCUT2D eigenvalue weighted by molar-refractivity contribution is -0.141. The molecule has 0 spiro atoms. The van der Waals surface area contributed by atoms with Gasteiger partial charge in [-0.2, -0.15) is 0 Å². The second kappa shape index (κ2) is 14.5. The highest BCUT2D eigenvalue weighted by molar-refractivity contribution is 9.10. The second-order valence-electron chi connectivity index (χ2n) is 6.46. The van der Waals surface area contributed by atoms with Gasteiger partial charge >= 0.3 is 5.97 Å². The van der Waals surface area contributed by atoms with Crippen molar-refractivity contribution in [2.45, 2.75) is 25.4 Å². The van der Waals surface area contributed by atoms with Crippen molar-refractivity contribution in [3.8, 4) is 0 Å². The Morgan fingerprint density at radius 3 is 1.84 bits per heavy atom. The summed E-state index contributed by atoms with van der Waals surface area (Å²) in [5, 5.41) is 15.0. The Kier molecular flexibility index (Phi) is 12.4. The molecule has 1 unspecified atom stereocenters. The molecule has 0 fully saturated rings. The molecular formula is C22H24Br2N2O5. The van der Waals surface area contributed by atoms with Crippen molar-refractivity contribution in [2.24, 2.45) is 0 Å². The number of alkyl halides is 2. The van der Waals surface area contributed by atoms with Crippen LogP contribution in [0.1, 0.15) is 22.8 Å². The van der Waals surface area contributed by atoms with Gasteiger partial charge in [-0.1, -0.05) is 80.4 Å². The van der Waals surface area contributed by atoms with Crippen molar-refractivity contribution in [2.75, 3.05) is 10.7 Å². The predicted molar refractivity (Wildman–Crippen MR) is 126 cm³/mol. The molecule has 2 aromatic rings. The van der Waals surface area contributed by atoms with Crippen molar-refractivity contribution in [3.63, 3.8) is 0 Å². The zero-order chi connectivity index (χ0) is 23.2. The van der Waals surface area contributed by atoms with E-state index in [0.717, 1.165) is 5.56 Å².